The molecule has 10 heteroatoms. The van der Waals surface area contributed by atoms with Gasteiger partial charge in [0.2, 0.25) is 10.0 Å². The van der Waals surface area contributed by atoms with Crippen LogP contribution in [0.1, 0.15) is 74.4 Å². The number of nitrogens with one attached hydrogen (secondary N) is 1. The molecule has 2 aliphatic carbocycles. The number of methoxy groups -OCH3 is 2. The van der Waals surface area contributed by atoms with E-state index in [1.807, 2.05) is 25.1 Å². The van der Waals surface area contributed by atoms with Gasteiger partial charge in [0, 0.05) is 42.1 Å². The molecular weight excluding hydrogens is 612 g/mol. The maximum Gasteiger partial charge on any atom is 0.264 e. The number of hydrogen-bond acceptors (Lipinski definition) is 7. The van der Waals surface area contributed by atoms with Crippen molar-refractivity contribution in [2.45, 2.75) is 75.6 Å². The zero-order chi connectivity index (χ0) is 32.6. The first-order valence-corrected chi connectivity index (χ1v) is 17.8. The standard InChI is InChI=1S/C35H45ClN2O6S/c1-23-8-6-17-35(22-39,44-5)30-13-10-27(30)20-38(21-34(3)16-7-9-25-18-28(36)12-14-29(25)34)31-19-26(11-15-32(31)43-4)33(40)37-45(41,42)24(23)2/h6,11-12,14-15,17-19,22-24,27,30H,7-10,13,16,20-21H2,1-5H3,(H,37,40)/b17-6+/t23-,24+,27-,30+,34-,35+/m0/s1. The highest BCUT2D eigenvalue weighted by Crippen LogP contribution is 2.47. The molecule has 45 heavy (non-hydrogen) atoms. The second kappa shape index (κ2) is 13.1. The SMILES string of the molecule is COc1ccc2cc1N(C[C@]1(C)CCCc3cc(Cl)ccc31)C[C@@H]1CC[C@H]1[C@@](C=O)(OC)/C=C/C[C@H](C)[C@@H](C)S(=O)(=O)NC2=O. The Morgan fingerprint density at radius 3 is 2.58 bits per heavy atom. The summed E-state index contributed by atoms with van der Waals surface area (Å²) in [5.41, 5.74) is 2.07. The lowest BCUT2D eigenvalue weighted by atomic mass is 9.64. The van der Waals surface area contributed by atoms with E-state index < -0.39 is 26.8 Å². The first-order valence-electron chi connectivity index (χ1n) is 15.8. The van der Waals surface area contributed by atoms with E-state index in [2.05, 4.69) is 28.7 Å². The van der Waals surface area contributed by atoms with Crippen molar-refractivity contribution in [3.05, 3.63) is 70.3 Å². The largest absolute Gasteiger partial charge is 0.495 e. The van der Waals surface area contributed by atoms with Crippen molar-refractivity contribution in [1.82, 2.24) is 4.72 Å². The number of amides is 1. The van der Waals surface area contributed by atoms with Gasteiger partial charge in [-0.05, 0) is 105 Å². The Balaban J connectivity index is 1.64. The molecule has 1 saturated carbocycles. The molecule has 244 valence electrons. The van der Waals surface area contributed by atoms with Crippen molar-refractivity contribution in [3.63, 3.8) is 0 Å². The summed E-state index contributed by atoms with van der Waals surface area (Å²) >= 11 is 6.39. The second-order valence-electron chi connectivity index (χ2n) is 13.4. The quantitative estimate of drug-likeness (QED) is 0.306. The molecule has 1 aliphatic heterocycles. The molecule has 0 saturated heterocycles. The number of aldehydes is 1. The van der Waals surface area contributed by atoms with Gasteiger partial charge in [-0.2, -0.15) is 0 Å². The number of sulfonamides is 1. The number of halogens is 1. The monoisotopic (exact) mass is 656 g/mol. The summed E-state index contributed by atoms with van der Waals surface area (Å²) < 4.78 is 40.7. The lowest BCUT2D eigenvalue weighted by Gasteiger charge is -2.49. The molecule has 1 heterocycles. The molecule has 0 aromatic heterocycles. The Hall–Kier alpha value is -2.88. The topological polar surface area (TPSA) is 102 Å². The third kappa shape index (κ3) is 6.54. The number of nitrogens with zero attached hydrogens (tertiary/aromatic N) is 1. The highest BCUT2D eigenvalue weighted by atomic mass is 35.5. The summed E-state index contributed by atoms with van der Waals surface area (Å²) in [5.74, 6) is -0.342. The summed E-state index contributed by atoms with van der Waals surface area (Å²) in [4.78, 5) is 28.4. The van der Waals surface area contributed by atoms with Gasteiger partial charge in [0.15, 0.2) is 6.29 Å². The van der Waals surface area contributed by atoms with Crippen LogP contribution in [0.25, 0.3) is 0 Å². The van der Waals surface area contributed by atoms with Crippen molar-refractivity contribution in [1.29, 1.82) is 0 Å². The van der Waals surface area contributed by atoms with Crippen molar-refractivity contribution < 1.29 is 27.5 Å². The minimum absolute atomic E-state index is 0.0640. The number of rotatable bonds is 5. The zero-order valence-corrected chi connectivity index (χ0v) is 28.4. The fourth-order valence-electron chi connectivity index (χ4n) is 7.50. The van der Waals surface area contributed by atoms with Gasteiger partial charge in [-0.15, -0.1) is 0 Å². The van der Waals surface area contributed by atoms with Gasteiger partial charge in [-0.25, -0.2) is 13.1 Å². The first-order chi connectivity index (χ1) is 21.4. The number of anilines is 1. The normalized spacial score (nSPS) is 32.3. The van der Waals surface area contributed by atoms with Crippen LogP contribution in [0.5, 0.6) is 5.75 Å². The smallest absolute Gasteiger partial charge is 0.264 e. The zero-order valence-electron chi connectivity index (χ0n) is 26.8. The average Bonchev–Trinajstić information content (AvgIpc) is 3.00. The minimum atomic E-state index is -3.99. The Labute approximate surface area is 272 Å². The van der Waals surface area contributed by atoms with Crippen LogP contribution >= 0.6 is 11.6 Å². The highest BCUT2D eigenvalue weighted by molar-refractivity contribution is 7.90. The van der Waals surface area contributed by atoms with Crippen molar-refractivity contribution in [3.8, 4) is 5.75 Å². The summed E-state index contributed by atoms with van der Waals surface area (Å²) in [6.45, 7) is 6.91. The summed E-state index contributed by atoms with van der Waals surface area (Å²) in [6, 6.07) is 11.2. The Morgan fingerprint density at radius 2 is 1.91 bits per heavy atom. The van der Waals surface area contributed by atoms with Crippen LogP contribution in [0.3, 0.4) is 0 Å². The molecule has 2 aromatic carbocycles. The van der Waals surface area contributed by atoms with Crippen molar-refractivity contribution in [2.75, 3.05) is 32.2 Å². The second-order valence-corrected chi connectivity index (χ2v) is 15.9. The molecule has 3 aliphatic rings. The molecule has 0 radical (unpaired) electrons. The molecule has 8 nitrogen and oxygen atoms in total. The number of fused-ring (bicyclic) bond motifs is 4. The molecule has 0 spiro atoms. The van der Waals surface area contributed by atoms with E-state index in [0.717, 1.165) is 43.4 Å². The molecule has 1 N–H and O–H groups in total. The van der Waals surface area contributed by atoms with Crippen LogP contribution in [0.15, 0.2) is 48.6 Å². The predicted octanol–water partition coefficient (Wildman–Crippen LogP) is 6.10. The van der Waals surface area contributed by atoms with Crippen LogP contribution in [0.2, 0.25) is 5.02 Å². The van der Waals surface area contributed by atoms with Gasteiger partial charge in [0.05, 0.1) is 18.0 Å². The van der Waals surface area contributed by atoms with Crippen molar-refractivity contribution in [2.24, 2.45) is 17.8 Å². The van der Waals surface area contributed by atoms with Gasteiger partial charge in [-0.1, -0.05) is 37.6 Å². The summed E-state index contributed by atoms with van der Waals surface area (Å²) in [7, 11) is -0.836. The van der Waals surface area contributed by atoms with Gasteiger partial charge in [0.25, 0.3) is 5.91 Å². The van der Waals surface area contributed by atoms with Crippen LogP contribution in [0.4, 0.5) is 5.69 Å². The number of hydrogen-bond donors (Lipinski definition) is 1. The van der Waals surface area contributed by atoms with Gasteiger partial charge >= 0.3 is 0 Å². The molecule has 6 atom stereocenters. The van der Waals surface area contributed by atoms with E-state index in [0.29, 0.717) is 30.9 Å². The Bertz CT molecular complexity index is 1580. The molecule has 2 aromatic rings. The van der Waals surface area contributed by atoms with E-state index in [1.165, 1.54) is 11.1 Å². The average molecular weight is 657 g/mol. The maximum atomic E-state index is 13.5. The number of ether oxygens (including phenoxy) is 2. The number of carbonyl (C=O) groups excluding carboxylic acids is 2. The lowest BCUT2D eigenvalue weighted by Crippen LogP contribution is -2.53. The van der Waals surface area contributed by atoms with E-state index in [9.17, 15) is 18.0 Å². The summed E-state index contributed by atoms with van der Waals surface area (Å²) in [5, 5.41) is -0.130. The van der Waals surface area contributed by atoms with Crippen LogP contribution < -0.4 is 14.4 Å². The number of aryl methyl sites for hydroxylation is 1. The third-order valence-electron chi connectivity index (χ3n) is 10.6. The van der Waals surface area contributed by atoms with Crippen LogP contribution in [-0.2, 0) is 31.4 Å². The van der Waals surface area contributed by atoms with E-state index in [4.69, 9.17) is 21.1 Å². The molecule has 1 fully saturated rings. The van der Waals surface area contributed by atoms with Gasteiger partial charge < -0.3 is 14.4 Å². The minimum Gasteiger partial charge on any atom is -0.495 e. The summed E-state index contributed by atoms with van der Waals surface area (Å²) in [6.07, 6.45) is 9.65. The Kier molecular flexibility index (Phi) is 9.74. The number of benzene rings is 2. The first kappa shape index (κ1) is 33.5. The lowest BCUT2D eigenvalue weighted by molar-refractivity contribution is -0.135. The predicted molar refractivity (Wildman–Crippen MR) is 178 cm³/mol. The van der Waals surface area contributed by atoms with Crippen LogP contribution in [-0.4, -0.2) is 58.8 Å². The number of allylic oxidation sites excluding steroid dienone is 1. The number of carbonyl (C=O) groups is 2. The maximum absolute atomic E-state index is 13.5. The molecule has 2 bridgehead atoms. The molecule has 0 unspecified atom stereocenters. The highest BCUT2D eigenvalue weighted by Gasteiger charge is 2.48. The van der Waals surface area contributed by atoms with E-state index in [1.54, 1.807) is 39.3 Å². The Morgan fingerprint density at radius 1 is 1.13 bits per heavy atom. The molecule has 5 rings (SSSR count). The van der Waals surface area contributed by atoms with Gasteiger partial charge in [0.1, 0.15) is 11.4 Å². The molecular formula is C35H45ClN2O6S. The van der Waals surface area contributed by atoms with Crippen molar-refractivity contribution >= 4 is 39.5 Å². The fourth-order valence-corrected chi connectivity index (χ4v) is 8.98. The van der Waals surface area contributed by atoms with Crippen LogP contribution in [0, 0.1) is 17.8 Å². The van der Waals surface area contributed by atoms with E-state index >= 15 is 0 Å². The van der Waals surface area contributed by atoms with Gasteiger partial charge in [-0.3, -0.25) is 9.59 Å². The molecule has 1 amide bonds. The third-order valence-corrected chi connectivity index (χ3v) is 12.8. The van der Waals surface area contributed by atoms with E-state index in [-0.39, 0.29) is 28.7 Å². The fraction of sp³-hybridized carbons (Fsp3) is 0.543.